The zero-order valence-corrected chi connectivity index (χ0v) is 22.1. The van der Waals surface area contributed by atoms with Crippen LogP contribution in [0.2, 0.25) is 0 Å². The first-order valence-electron chi connectivity index (χ1n) is 12.0. The summed E-state index contributed by atoms with van der Waals surface area (Å²) in [5.74, 6) is -1.32. The summed E-state index contributed by atoms with van der Waals surface area (Å²) in [5.41, 5.74) is 3.58. The maximum Gasteiger partial charge on any atom is 0.335 e. The number of hydrogen-bond donors (Lipinski definition) is 5. The number of aliphatic hydroxyl groups is 3. The third-order valence-corrected chi connectivity index (χ3v) is 6.02. The second kappa shape index (κ2) is 13.0. The molecule has 2 heterocycles. The fourth-order valence-electron chi connectivity index (χ4n) is 4.13. The average Bonchev–Trinajstić information content (AvgIpc) is 2.95. The van der Waals surface area contributed by atoms with E-state index in [-0.39, 0.29) is 17.7 Å². The molecule has 0 fully saturated rings. The Morgan fingerprint density at radius 2 is 1.55 bits per heavy atom. The lowest BCUT2D eigenvalue weighted by Gasteiger charge is -2.31. The summed E-state index contributed by atoms with van der Waals surface area (Å²) in [4.78, 5) is 28.9. The van der Waals surface area contributed by atoms with Crippen molar-refractivity contribution in [2.45, 2.75) is 31.1 Å². The van der Waals surface area contributed by atoms with E-state index in [1.807, 2.05) is 31.2 Å². The second-order valence-corrected chi connectivity index (χ2v) is 8.44. The van der Waals surface area contributed by atoms with Gasteiger partial charge in [0.15, 0.2) is 23.7 Å². The molecule has 2 aromatic rings. The molecule has 5 N–H and O–H groups in total. The number of carbonyl (C=O) groups is 2. The van der Waals surface area contributed by atoms with Gasteiger partial charge in [0.05, 0.1) is 27.9 Å². The molecule has 0 spiro atoms. The van der Waals surface area contributed by atoms with Crippen LogP contribution in [0.3, 0.4) is 0 Å². The highest BCUT2D eigenvalue weighted by Crippen LogP contribution is 2.46. The number of nitrogens with zero attached hydrogens (tertiary/aromatic N) is 2. The van der Waals surface area contributed by atoms with Crippen molar-refractivity contribution in [3.05, 3.63) is 64.9 Å². The summed E-state index contributed by atoms with van der Waals surface area (Å²) in [5, 5.41) is 42.6. The van der Waals surface area contributed by atoms with E-state index in [1.54, 1.807) is 39.5 Å². The van der Waals surface area contributed by atoms with E-state index in [1.165, 1.54) is 0 Å². The Labute approximate surface area is 229 Å². The van der Waals surface area contributed by atoms with Crippen molar-refractivity contribution in [3.8, 4) is 23.3 Å². The zero-order valence-electron chi connectivity index (χ0n) is 22.1. The van der Waals surface area contributed by atoms with Crippen molar-refractivity contribution in [1.29, 1.82) is 0 Å². The number of fused-ring (bicyclic) bond motifs is 3. The third-order valence-electron chi connectivity index (χ3n) is 6.02. The molecule has 0 amide bonds. The Balaban J connectivity index is 0.000000378. The highest BCUT2D eigenvalue weighted by atomic mass is 16.5. The molecule has 1 aliphatic heterocycles. The van der Waals surface area contributed by atoms with Gasteiger partial charge >= 0.3 is 11.9 Å². The monoisotopic (exact) mass is 558 g/mol. The molecule has 13 nitrogen and oxygen atoms in total. The largest absolute Gasteiger partial charge is 0.508 e. The summed E-state index contributed by atoms with van der Waals surface area (Å²) in [6.07, 6.45) is 0.743. The minimum atomic E-state index is -2.27. The molecule has 0 radical (unpaired) electrons. The summed E-state index contributed by atoms with van der Waals surface area (Å²) in [7, 11) is 4.75. The van der Waals surface area contributed by atoms with Crippen LogP contribution in [-0.4, -0.2) is 88.3 Å². The van der Waals surface area contributed by atoms with E-state index in [2.05, 4.69) is 4.98 Å². The lowest BCUT2D eigenvalue weighted by atomic mass is 9.80. The van der Waals surface area contributed by atoms with Crippen molar-refractivity contribution < 1.29 is 54.1 Å². The van der Waals surface area contributed by atoms with E-state index in [0.717, 1.165) is 22.4 Å². The molecular formula is C27H30N2O11. The molecule has 1 aromatic carbocycles. The Hall–Kier alpha value is -4.62. The molecule has 214 valence electrons. The smallest absolute Gasteiger partial charge is 0.335 e. The molecule has 40 heavy (non-hydrogen) atoms. The molecule has 0 saturated carbocycles. The first-order chi connectivity index (χ1) is 19.1. The van der Waals surface area contributed by atoms with E-state index in [0.29, 0.717) is 29.9 Å². The Bertz CT molecular complexity index is 1330. The Kier molecular flexibility index (Phi) is 9.69. The van der Waals surface area contributed by atoms with Crippen LogP contribution in [0.15, 0.2) is 53.2 Å². The standard InChI is InChI=1S/C23H24N2O5.C4H6O6/c1-5-30-20-11-15-16-10-13(26)6-8-18(16)24-22(17(15)12-19(20)27-2)14-7-9-21(28-3)25-23(14)29-4;5-1(3(7)8)2(6)4(9)10/h6-12,16,22,26H,5H2,1-4H3;1-2,5-6H,(H,7,8)(H,9,10)/t16-,22?;/m1./s1. The van der Waals surface area contributed by atoms with Crippen LogP contribution in [0.25, 0.3) is 0 Å². The highest BCUT2D eigenvalue weighted by molar-refractivity contribution is 6.04. The lowest BCUT2D eigenvalue weighted by Crippen LogP contribution is -2.39. The van der Waals surface area contributed by atoms with Gasteiger partial charge in [-0.1, -0.05) is 0 Å². The average molecular weight is 559 g/mol. The minimum absolute atomic E-state index is 0.177. The summed E-state index contributed by atoms with van der Waals surface area (Å²) in [6.45, 7) is 2.44. The van der Waals surface area contributed by atoms with Crippen LogP contribution in [0.4, 0.5) is 0 Å². The van der Waals surface area contributed by atoms with Gasteiger partial charge in [0.25, 0.3) is 0 Å². The molecule has 13 heteroatoms. The van der Waals surface area contributed by atoms with Crippen LogP contribution in [0, 0.1) is 0 Å². The molecule has 2 aliphatic rings. The topological polar surface area (TPSA) is 197 Å². The molecule has 4 atom stereocenters. The van der Waals surface area contributed by atoms with E-state index in [9.17, 15) is 14.7 Å². The fraction of sp³-hybridized carbons (Fsp3) is 0.333. The van der Waals surface area contributed by atoms with Crippen molar-refractivity contribution in [2.24, 2.45) is 4.99 Å². The van der Waals surface area contributed by atoms with Gasteiger partial charge in [-0.15, -0.1) is 0 Å². The summed E-state index contributed by atoms with van der Waals surface area (Å²) < 4.78 is 22.2. The van der Waals surface area contributed by atoms with Crippen molar-refractivity contribution >= 4 is 17.7 Å². The Morgan fingerprint density at radius 3 is 2.10 bits per heavy atom. The van der Waals surface area contributed by atoms with Crippen LogP contribution < -0.4 is 18.9 Å². The van der Waals surface area contributed by atoms with Gasteiger partial charge in [-0.25, -0.2) is 9.59 Å². The number of benzene rings is 1. The second-order valence-electron chi connectivity index (χ2n) is 8.44. The van der Waals surface area contributed by atoms with Gasteiger partial charge in [0.1, 0.15) is 11.8 Å². The number of allylic oxidation sites excluding steroid dienone is 3. The van der Waals surface area contributed by atoms with Gasteiger partial charge in [-0.3, -0.25) is 4.99 Å². The lowest BCUT2D eigenvalue weighted by molar-refractivity contribution is -0.165. The molecule has 0 saturated heterocycles. The number of aliphatic hydroxyl groups excluding tert-OH is 3. The number of carboxylic acid groups (broad SMARTS) is 2. The first kappa shape index (κ1) is 29.9. The van der Waals surface area contributed by atoms with Gasteiger partial charge < -0.3 is 44.5 Å². The number of pyridine rings is 1. The number of aromatic nitrogens is 1. The van der Waals surface area contributed by atoms with Crippen LogP contribution >= 0.6 is 0 Å². The van der Waals surface area contributed by atoms with Gasteiger partial charge in [-0.05, 0) is 54.5 Å². The number of aliphatic imine (C=N–C) groups is 1. The molecular weight excluding hydrogens is 528 g/mol. The predicted molar refractivity (Wildman–Crippen MR) is 141 cm³/mol. The number of carboxylic acids is 2. The highest BCUT2D eigenvalue weighted by Gasteiger charge is 2.34. The third kappa shape index (κ3) is 6.33. The quantitative estimate of drug-likeness (QED) is 0.301. The minimum Gasteiger partial charge on any atom is -0.508 e. The molecule has 0 bridgehead atoms. The van der Waals surface area contributed by atoms with Crippen LogP contribution in [-0.2, 0) is 9.59 Å². The van der Waals surface area contributed by atoms with Gasteiger partial charge in [-0.2, -0.15) is 4.98 Å². The van der Waals surface area contributed by atoms with Crippen LogP contribution in [0.5, 0.6) is 23.3 Å². The Morgan fingerprint density at radius 1 is 0.900 bits per heavy atom. The van der Waals surface area contributed by atoms with E-state index in [4.69, 9.17) is 44.4 Å². The predicted octanol–water partition coefficient (Wildman–Crippen LogP) is 2.02. The number of rotatable bonds is 9. The maximum absolute atomic E-state index is 10.1. The van der Waals surface area contributed by atoms with Crippen molar-refractivity contribution in [3.63, 3.8) is 0 Å². The number of methoxy groups -OCH3 is 3. The van der Waals surface area contributed by atoms with Crippen molar-refractivity contribution in [2.75, 3.05) is 27.9 Å². The number of ether oxygens (including phenoxy) is 4. The van der Waals surface area contributed by atoms with Gasteiger partial charge in [0, 0.05) is 23.3 Å². The van der Waals surface area contributed by atoms with E-state index >= 15 is 0 Å². The van der Waals surface area contributed by atoms with Crippen LogP contribution in [0.1, 0.15) is 35.6 Å². The van der Waals surface area contributed by atoms with E-state index < -0.39 is 24.1 Å². The molecule has 1 aliphatic carbocycles. The SMILES string of the molecule is CCOc1cc2c(cc1OC)C(c1ccc(OC)nc1OC)N=C1C=CC(O)=C[C@@H]12.O=C(O)C(O)C(O)C(=O)O. The molecule has 1 aromatic heterocycles. The molecule has 3 unspecified atom stereocenters. The first-order valence-corrected chi connectivity index (χ1v) is 12.0. The molecule has 4 rings (SSSR count). The van der Waals surface area contributed by atoms with Crippen molar-refractivity contribution in [1.82, 2.24) is 4.98 Å². The summed E-state index contributed by atoms with van der Waals surface area (Å²) >= 11 is 0. The normalized spacial score (nSPS) is 18.4. The number of aliphatic carboxylic acids is 2. The maximum atomic E-state index is 10.1. The zero-order chi connectivity index (χ0) is 29.6. The summed E-state index contributed by atoms with van der Waals surface area (Å²) in [6, 6.07) is 7.25. The fourth-order valence-corrected chi connectivity index (χ4v) is 4.13. The van der Waals surface area contributed by atoms with Gasteiger partial charge in [0.2, 0.25) is 11.8 Å². The number of hydrogen-bond acceptors (Lipinski definition) is 11.